The summed E-state index contributed by atoms with van der Waals surface area (Å²) in [4.78, 5) is 36.3. The van der Waals surface area contributed by atoms with Gasteiger partial charge in [-0.05, 0) is 64.5 Å². The second-order valence-electron chi connectivity index (χ2n) is 13.4. The van der Waals surface area contributed by atoms with Crippen molar-refractivity contribution < 1.29 is 38.4 Å². The van der Waals surface area contributed by atoms with Crippen molar-refractivity contribution in [2.24, 2.45) is 5.92 Å². The monoisotopic (exact) mass is 637 g/mol. The van der Waals surface area contributed by atoms with E-state index in [2.05, 4.69) is 42.6 Å². The lowest BCUT2D eigenvalue weighted by Crippen LogP contribution is -2.50. The molecule has 1 spiro atoms. The number of epoxide rings is 1. The van der Waals surface area contributed by atoms with Gasteiger partial charge in [0.05, 0.1) is 31.0 Å². The summed E-state index contributed by atoms with van der Waals surface area (Å²) in [5.41, 5.74) is 2.74. The Bertz CT molecular complexity index is 1300. The first-order chi connectivity index (χ1) is 21.8. The van der Waals surface area contributed by atoms with E-state index in [4.69, 9.17) is 18.9 Å². The smallest absolute Gasteiger partial charge is 0.303 e. The summed E-state index contributed by atoms with van der Waals surface area (Å²) in [6.07, 6.45) is 10.1. The van der Waals surface area contributed by atoms with E-state index in [0.717, 1.165) is 17.6 Å². The standard InChI is InChI=1S/C37H51NO8/c1-23-7-12-29(13-8-23)14-15-30(40)20-31-21-37(22-43-37)36(42)34(46-31)17-10-24(2)9-16-33-25(3)19-32(27(5)45-33)38-35(41)18-11-26(4)44-28(6)39/h7-13,17-18,25-27,31-34,36,42H,14-16,19-22H2,1-6H3,(H,38,41)/b17-10+,18-11-,24-9+/t25-,26-,27+,31+,32+,33-,34+,36+,37+/m0/s1. The summed E-state index contributed by atoms with van der Waals surface area (Å²) >= 11 is 0. The molecule has 0 aliphatic carbocycles. The number of amides is 1. The molecule has 1 aromatic rings. The number of rotatable bonds is 13. The molecule has 0 unspecified atom stereocenters. The van der Waals surface area contributed by atoms with Crippen LogP contribution in [0.4, 0.5) is 0 Å². The van der Waals surface area contributed by atoms with Crippen molar-refractivity contribution in [2.75, 3.05) is 6.61 Å². The molecule has 3 aliphatic rings. The fourth-order valence-electron chi connectivity index (χ4n) is 6.28. The predicted molar refractivity (Wildman–Crippen MR) is 175 cm³/mol. The number of carbonyl (C=O) groups is 3. The Hall–Kier alpha value is -3.11. The van der Waals surface area contributed by atoms with Gasteiger partial charge >= 0.3 is 5.97 Å². The highest BCUT2D eigenvalue weighted by atomic mass is 16.6. The van der Waals surface area contributed by atoms with Crippen LogP contribution in [0.1, 0.15) is 77.8 Å². The van der Waals surface area contributed by atoms with Crippen molar-refractivity contribution in [3.8, 4) is 0 Å². The van der Waals surface area contributed by atoms with E-state index in [9.17, 15) is 19.5 Å². The molecule has 3 saturated heterocycles. The molecule has 46 heavy (non-hydrogen) atoms. The number of ketones is 1. The summed E-state index contributed by atoms with van der Waals surface area (Å²) in [5.74, 6) is -0.266. The van der Waals surface area contributed by atoms with Gasteiger partial charge < -0.3 is 29.4 Å². The number of hydrogen-bond donors (Lipinski definition) is 2. The molecule has 1 aromatic carbocycles. The molecule has 1 amide bonds. The topological polar surface area (TPSA) is 124 Å². The fourth-order valence-corrected chi connectivity index (χ4v) is 6.28. The number of hydrogen-bond acceptors (Lipinski definition) is 8. The summed E-state index contributed by atoms with van der Waals surface area (Å²) in [7, 11) is 0. The van der Waals surface area contributed by atoms with Crippen molar-refractivity contribution in [1.29, 1.82) is 0 Å². The molecule has 0 aromatic heterocycles. The molecule has 3 fully saturated rings. The van der Waals surface area contributed by atoms with Gasteiger partial charge in [-0.15, -0.1) is 0 Å². The maximum absolute atomic E-state index is 12.8. The average Bonchev–Trinajstić information content (AvgIpc) is 3.77. The zero-order chi connectivity index (χ0) is 33.4. The van der Waals surface area contributed by atoms with Crippen LogP contribution in [0.15, 0.2) is 60.2 Å². The molecule has 0 radical (unpaired) electrons. The lowest BCUT2D eigenvalue weighted by atomic mass is 9.86. The van der Waals surface area contributed by atoms with Crippen LogP contribution in [0.2, 0.25) is 0 Å². The Balaban J connectivity index is 1.25. The molecule has 0 bridgehead atoms. The first kappa shape index (κ1) is 35.7. The molecule has 9 heteroatoms. The number of carbonyl (C=O) groups excluding carboxylic acids is 3. The minimum atomic E-state index is -0.787. The van der Waals surface area contributed by atoms with Crippen LogP contribution < -0.4 is 5.32 Å². The van der Waals surface area contributed by atoms with Gasteiger partial charge in [0.2, 0.25) is 5.91 Å². The van der Waals surface area contributed by atoms with Crippen LogP contribution in [-0.2, 0) is 39.8 Å². The second kappa shape index (κ2) is 16.1. The van der Waals surface area contributed by atoms with E-state index in [-0.39, 0.29) is 42.0 Å². The minimum Gasteiger partial charge on any atom is -0.459 e. The summed E-state index contributed by atoms with van der Waals surface area (Å²) < 4.78 is 23.3. The van der Waals surface area contributed by atoms with Crippen molar-refractivity contribution in [3.05, 3.63) is 71.3 Å². The van der Waals surface area contributed by atoms with Crippen molar-refractivity contribution in [2.45, 2.75) is 128 Å². The van der Waals surface area contributed by atoms with Crippen molar-refractivity contribution in [1.82, 2.24) is 5.32 Å². The number of aliphatic hydroxyl groups is 1. The number of benzene rings is 1. The number of allylic oxidation sites excluding steroid dienone is 2. The number of nitrogens with one attached hydrogen (secondary N) is 1. The van der Waals surface area contributed by atoms with E-state index in [1.807, 2.05) is 32.9 Å². The zero-order valence-electron chi connectivity index (χ0n) is 28.1. The van der Waals surface area contributed by atoms with Gasteiger partial charge in [-0.1, -0.05) is 60.6 Å². The van der Waals surface area contributed by atoms with E-state index >= 15 is 0 Å². The van der Waals surface area contributed by atoms with Gasteiger partial charge in [-0.2, -0.15) is 0 Å². The van der Waals surface area contributed by atoms with E-state index in [0.29, 0.717) is 38.7 Å². The Kier molecular flexibility index (Phi) is 12.5. The molecule has 252 valence electrons. The van der Waals surface area contributed by atoms with Crippen LogP contribution >= 0.6 is 0 Å². The number of esters is 1. The highest BCUT2D eigenvalue weighted by Crippen LogP contribution is 2.43. The molecule has 9 atom stereocenters. The van der Waals surface area contributed by atoms with Crippen LogP contribution in [0.25, 0.3) is 0 Å². The van der Waals surface area contributed by atoms with Crippen LogP contribution in [0, 0.1) is 12.8 Å². The Morgan fingerprint density at radius 2 is 1.85 bits per heavy atom. The van der Waals surface area contributed by atoms with E-state index in [1.165, 1.54) is 18.6 Å². The number of Topliss-reactive ketones (excluding diaryl/α,β-unsaturated/α-hetero) is 1. The van der Waals surface area contributed by atoms with Crippen molar-refractivity contribution in [3.63, 3.8) is 0 Å². The fraction of sp³-hybridized carbons (Fsp3) is 0.595. The number of ether oxygens (including phenoxy) is 4. The predicted octanol–water partition coefficient (Wildman–Crippen LogP) is 4.87. The normalized spacial score (nSPS) is 32.1. The van der Waals surface area contributed by atoms with Crippen LogP contribution in [-0.4, -0.2) is 77.6 Å². The lowest BCUT2D eigenvalue weighted by molar-refractivity contribution is -0.144. The largest absolute Gasteiger partial charge is 0.459 e. The highest BCUT2D eigenvalue weighted by molar-refractivity contribution is 5.87. The lowest BCUT2D eigenvalue weighted by Gasteiger charge is -2.39. The average molecular weight is 638 g/mol. The highest BCUT2D eigenvalue weighted by Gasteiger charge is 2.58. The van der Waals surface area contributed by atoms with E-state index < -0.39 is 29.9 Å². The summed E-state index contributed by atoms with van der Waals surface area (Å²) in [6, 6.07) is 8.13. The van der Waals surface area contributed by atoms with Crippen LogP contribution in [0.5, 0.6) is 0 Å². The third-order valence-electron chi connectivity index (χ3n) is 9.19. The van der Waals surface area contributed by atoms with Gasteiger partial charge in [0.15, 0.2) is 0 Å². The Morgan fingerprint density at radius 1 is 1.13 bits per heavy atom. The molecule has 3 aliphatic heterocycles. The third kappa shape index (κ3) is 10.5. The maximum atomic E-state index is 12.8. The summed E-state index contributed by atoms with van der Waals surface area (Å²) in [6.45, 7) is 11.6. The van der Waals surface area contributed by atoms with Gasteiger partial charge in [0, 0.05) is 32.3 Å². The molecular weight excluding hydrogens is 586 g/mol. The van der Waals surface area contributed by atoms with Gasteiger partial charge in [-0.25, -0.2) is 0 Å². The van der Waals surface area contributed by atoms with Crippen LogP contribution in [0.3, 0.4) is 0 Å². The maximum Gasteiger partial charge on any atom is 0.303 e. The quantitative estimate of drug-likeness (QED) is 0.136. The Morgan fingerprint density at radius 3 is 2.52 bits per heavy atom. The van der Waals surface area contributed by atoms with Gasteiger partial charge in [0.25, 0.3) is 0 Å². The molecule has 2 N–H and O–H groups in total. The Labute approximate surface area is 273 Å². The second-order valence-corrected chi connectivity index (χ2v) is 13.4. The number of aliphatic hydroxyl groups excluding tert-OH is 1. The molecule has 4 rings (SSSR count). The first-order valence-electron chi connectivity index (χ1n) is 16.5. The molecule has 9 nitrogen and oxygen atoms in total. The molecule has 0 saturated carbocycles. The molecule has 3 heterocycles. The van der Waals surface area contributed by atoms with Crippen molar-refractivity contribution >= 4 is 17.7 Å². The number of aryl methyl sites for hydroxylation is 2. The minimum absolute atomic E-state index is 0.000916. The summed E-state index contributed by atoms with van der Waals surface area (Å²) in [5, 5.41) is 14.0. The molecular formula is C37H51NO8. The van der Waals surface area contributed by atoms with E-state index in [1.54, 1.807) is 13.0 Å². The van der Waals surface area contributed by atoms with Gasteiger partial charge in [-0.3, -0.25) is 14.4 Å². The zero-order valence-corrected chi connectivity index (χ0v) is 28.1. The first-order valence-corrected chi connectivity index (χ1v) is 16.5. The van der Waals surface area contributed by atoms with Gasteiger partial charge in [0.1, 0.15) is 29.7 Å². The SMILES string of the molecule is CC(=O)O[C@@H](C)/C=C\C(=O)N[C@@H]1C[C@H](C)[C@H](C/C=C(C)/C=C/[C@H]2O[C@H](CC(=O)CCc3ccc(C)cc3)C[C@@]3(CO3)[C@@H]2O)O[C@@H]1C. The third-order valence-corrected chi connectivity index (χ3v) is 9.19.